The summed E-state index contributed by atoms with van der Waals surface area (Å²) in [5.74, 6) is 0.853. The van der Waals surface area contributed by atoms with Gasteiger partial charge >= 0.3 is 0 Å². The summed E-state index contributed by atoms with van der Waals surface area (Å²) in [5, 5.41) is 4.55. The van der Waals surface area contributed by atoms with Gasteiger partial charge in [0, 0.05) is 19.7 Å². The van der Waals surface area contributed by atoms with Crippen LogP contribution in [0.2, 0.25) is 0 Å². The molecule has 124 valence electrons. The molecule has 0 radical (unpaired) electrons. The van der Waals surface area contributed by atoms with E-state index >= 15 is 0 Å². The molecule has 2 aromatic carbocycles. The zero-order valence-corrected chi connectivity index (χ0v) is 16.9. The molecular weight excluding hydrogens is 441 g/mol. The number of nitrogens with zero attached hydrogens (tertiary/aromatic N) is 2. The van der Waals surface area contributed by atoms with Crippen molar-refractivity contribution in [3.63, 3.8) is 0 Å². The molecule has 0 bridgehead atoms. The van der Waals surface area contributed by atoms with E-state index in [0.29, 0.717) is 0 Å². The molecular formula is C20H16IN3S. The van der Waals surface area contributed by atoms with Crippen molar-refractivity contribution in [2.45, 2.75) is 13.8 Å². The van der Waals surface area contributed by atoms with Gasteiger partial charge in [-0.05, 0) is 66.3 Å². The quantitative estimate of drug-likeness (QED) is 0.366. The van der Waals surface area contributed by atoms with Gasteiger partial charge in [0.1, 0.15) is 17.0 Å². The van der Waals surface area contributed by atoms with Crippen LogP contribution in [-0.2, 0) is 0 Å². The minimum Gasteiger partial charge on any atom is -0.340 e. The predicted octanol–water partition coefficient (Wildman–Crippen LogP) is 6.32. The Morgan fingerprint density at radius 1 is 0.920 bits per heavy atom. The Hall–Kier alpha value is -1.99. The van der Waals surface area contributed by atoms with Crippen LogP contribution in [0, 0.1) is 17.4 Å². The van der Waals surface area contributed by atoms with Gasteiger partial charge < -0.3 is 5.32 Å². The molecule has 0 aliphatic carbocycles. The first-order valence-electron chi connectivity index (χ1n) is 7.95. The number of halogens is 1. The van der Waals surface area contributed by atoms with Crippen LogP contribution in [0.4, 0.5) is 11.5 Å². The predicted molar refractivity (Wildman–Crippen MR) is 115 cm³/mol. The van der Waals surface area contributed by atoms with Crippen molar-refractivity contribution in [1.82, 2.24) is 9.97 Å². The lowest BCUT2D eigenvalue weighted by Gasteiger charge is -2.09. The molecule has 0 atom stereocenters. The van der Waals surface area contributed by atoms with Gasteiger partial charge in [-0.15, -0.1) is 11.3 Å². The van der Waals surface area contributed by atoms with Gasteiger partial charge in [-0.25, -0.2) is 9.97 Å². The summed E-state index contributed by atoms with van der Waals surface area (Å²) in [7, 11) is 0. The molecule has 0 aliphatic heterocycles. The van der Waals surface area contributed by atoms with E-state index in [4.69, 9.17) is 0 Å². The Morgan fingerprint density at radius 3 is 2.36 bits per heavy atom. The van der Waals surface area contributed by atoms with Crippen LogP contribution in [0.15, 0.2) is 54.9 Å². The van der Waals surface area contributed by atoms with Crippen molar-refractivity contribution in [2.24, 2.45) is 0 Å². The van der Waals surface area contributed by atoms with Crippen molar-refractivity contribution in [1.29, 1.82) is 0 Å². The van der Waals surface area contributed by atoms with Gasteiger partial charge in [0.2, 0.25) is 0 Å². The molecule has 3 nitrogen and oxygen atoms in total. The number of rotatable bonds is 3. The second-order valence-electron chi connectivity index (χ2n) is 5.93. The van der Waals surface area contributed by atoms with Gasteiger partial charge in [-0.2, -0.15) is 0 Å². The molecule has 0 amide bonds. The van der Waals surface area contributed by atoms with Crippen LogP contribution in [0.5, 0.6) is 0 Å². The number of aryl methyl sites for hydroxylation is 2. The SMILES string of the molecule is Cc1ccc(-c2c(C)sc3ncnc(Nc4ccc(I)cc4)c23)cc1. The molecule has 2 aromatic heterocycles. The first-order chi connectivity index (χ1) is 12.1. The van der Waals surface area contributed by atoms with Gasteiger partial charge in [0.05, 0.1) is 5.39 Å². The standard InChI is InChI=1S/C20H16IN3S/c1-12-3-5-14(6-4-12)17-13(2)25-20-18(17)19(22-11-23-20)24-16-9-7-15(21)8-10-16/h3-11H,1-2H3,(H,22,23,24). The first kappa shape index (κ1) is 16.5. The number of hydrogen-bond acceptors (Lipinski definition) is 4. The lowest BCUT2D eigenvalue weighted by atomic mass is 10.0. The summed E-state index contributed by atoms with van der Waals surface area (Å²) >= 11 is 4.02. The van der Waals surface area contributed by atoms with Crippen LogP contribution >= 0.6 is 33.9 Å². The Labute approximate surface area is 164 Å². The number of anilines is 2. The molecule has 1 N–H and O–H groups in total. The Bertz CT molecular complexity index is 1040. The Morgan fingerprint density at radius 2 is 1.64 bits per heavy atom. The molecule has 0 saturated carbocycles. The summed E-state index contributed by atoms with van der Waals surface area (Å²) in [6.07, 6.45) is 1.63. The minimum atomic E-state index is 0.853. The highest BCUT2D eigenvalue weighted by Crippen LogP contribution is 2.41. The van der Waals surface area contributed by atoms with Gasteiger partial charge in [0.15, 0.2) is 0 Å². The van der Waals surface area contributed by atoms with Crippen LogP contribution in [0.3, 0.4) is 0 Å². The Kier molecular flexibility index (Phi) is 4.43. The average molecular weight is 457 g/mol. The fourth-order valence-corrected chi connectivity index (χ4v) is 4.25. The maximum absolute atomic E-state index is 4.52. The lowest BCUT2D eigenvalue weighted by Crippen LogP contribution is -1.95. The van der Waals surface area contributed by atoms with E-state index in [1.165, 1.54) is 25.1 Å². The summed E-state index contributed by atoms with van der Waals surface area (Å²) in [5.41, 5.74) is 4.71. The fraction of sp³-hybridized carbons (Fsp3) is 0.100. The van der Waals surface area contributed by atoms with E-state index < -0.39 is 0 Å². The topological polar surface area (TPSA) is 37.8 Å². The van der Waals surface area contributed by atoms with Crippen molar-refractivity contribution < 1.29 is 0 Å². The Balaban J connectivity index is 1.87. The molecule has 0 fully saturated rings. The second-order valence-corrected chi connectivity index (χ2v) is 8.38. The minimum absolute atomic E-state index is 0.853. The van der Waals surface area contributed by atoms with E-state index in [-0.39, 0.29) is 0 Å². The van der Waals surface area contributed by atoms with E-state index in [1.54, 1.807) is 17.7 Å². The monoisotopic (exact) mass is 457 g/mol. The van der Waals surface area contributed by atoms with Crippen LogP contribution in [0.1, 0.15) is 10.4 Å². The van der Waals surface area contributed by atoms with E-state index in [2.05, 4.69) is 100 Å². The van der Waals surface area contributed by atoms with E-state index in [0.717, 1.165) is 21.7 Å². The molecule has 5 heteroatoms. The van der Waals surface area contributed by atoms with Crippen molar-refractivity contribution in [3.8, 4) is 11.1 Å². The highest BCUT2D eigenvalue weighted by molar-refractivity contribution is 14.1. The summed E-state index contributed by atoms with van der Waals surface area (Å²) in [6, 6.07) is 16.9. The molecule has 0 saturated heterocycles. The van der Waals surface area contributed by atoms with Crippen molar-refractivity contribution >= 4 is 55.6 Å². The van der Waals surface area contributed by atoms with Crippen LogP contribution in [-0.4, -0.2) is 9.97 Å². The number of nitrogens with one attached hydrogen (secondary N) is 1. The highest BCUT2D eigenvalue weighted by Gasteiger charge is 2.16. The van der Waals surface area contributed by atoms with E-state index in [1.807, 2.05) is 0 Å². The van der Waals surface area contributed by atoms with Crippen LogP contribution in [0.25, 0.3) is 21.3 Å². The second kappa shape index (κ2) is 6.72. The lowest BCUT2D eigenvalue weighted by molar-refractivity contribution is 1.23. The number of hydrogen-bond donors (Lipinski definition) is 1. The molecule has 0 unspecified atom stereocenters. The third kappa shape index (κ3) is 3.26. The third-order valence-electron chi connectivity index (χ3n) is 4.11. The third-order valence-corrected chi connectivity index (χ3v) is 5.84. The number of benzene rings is 2. The summed E-state index contributed by atoms with van der Waals surface area (Å²) < 4.78 is 1.21. The zero-order chi connectivity index (χ0) is 17.4. The number of aromatic nitrogens is 2. The van der Waals surface area contributed by atoms with E-state index in [9.17, 15) is 0 Å². The average Bonchev–Trinajstić information content (AvgIpc) is 2.95. The van der Waals surface area contributed by atoms with Gasteiger partial charge in [-0.1, -0.05) is 29.8 Å². The van der Waals surface area contributed by atoms with Gasteiger partial charge in [0.25, 0.3) is 0 Å². The largest absolute Gasteiger partial charge is 0.340 e. The number of fused-ring (bicyclic) bond motifs is 1. The summed E-state index contributed by atoms with van der Waals surface area (Å²) in [6.45, 7) is 4.26. The molecule has 4 aromatic rings. The van der Waals surface area contributed by atoms with Gasteiger partial charge in [-0.3, -0.25) is 0 Å². The van der Waals surface area contributed by atoms with Crippen molar-refractivity contribution in [2.75, 3.05) is 5.32 Å². The zero-order valence-electron chi connectivity index (χ0n) is 13.9. The number of thiophene rings is 1. The molecule has 4 rings (SSSR count). The smallest absolute Gasteiger partial charge is 0.143 e. The maximum Gasteiger partial charge on any atom is 0.143 e. The first-order valence-corrected chi connectivity index (χ1v) is 9.85. The molecule has 25 heavy (non-hydrogen) atoms. The molecule has 0 spiro atoms. The fourth-order valence-electron chi connectivity index (χ4n) is 2.88. The highest BCUT2D eigenvalue weighted by atomic mass is 127. The molecule has 0 aliphatic rings. The van der Waals surface area contributed by atoms with Crippen LogP contribution < -0.4 is 5.32 Å². The maximum atomic E-state index is 4.52. The summed E-state index contributed by atoms with van der Waals surface area (Å²) in [4.78, 5) is 11.3. The molecule has 2 heterocycles. The normalized spacial score (nSPS) is 11.0. The van der Waals surface area contributed by atoms with Crippen molar-refractivity contribution in [3.05, 3.63) is 68.9 Å².